The Morgan fingerprint density at radius 1 is 1.09 bits per heavy atom. The summed E-state index contributed by atoms with van der Waals surface area (Å²) in [5.41, 5.74) is 3.68. The number of anilines is 2. The van der Waals surface area contributed by atoms with E-state index in [2.05, 4.69) is 37.1 Å². The highest BCUT2D eigenvalue weighted by atomic mass is 35.5. The average molecular weight is 450 g/mol. The molecule has 164 valence electrons. The van der Waals surface area contributed by atoms with Crippen LogP contribution in [-0.4, -0.2) is 29.9 Å². The molecule has 6 nitrogen and oxygen atoms in total. The van der Waals surface area contributed by atoms with Crippen LogP contribution in [0.4, 0.5) is 16.2 Å². The minimum absolute atomic E-state index is 0.152. The number of imide groups is 2. The van der Waals surface area contributed by atoms with Crippen molar-refractivity contribution in [3.63, 3.8) is 0 Å². The SMILES string of the molecule is CCN1c2cc(Cl)c(/C=C3/C(=O)NC(=O)N(c4ccccc4)C3=O)cc2C(C)=CC1(C)C. The summed E-state index contributed by atoms with van der Waals surface area (Å²) in [6.07, 6.45) is 3.64. The van der Waals surface area contributed by atoms with Gasteiger partial charge in [0.05, 0.1) is 11.2 Å². The Kier molecular flexibility index (Phi) is 5.42. The van der Waals surface area contributed by atoms with Crippen LogP contribution in [0.3, 0.4) is 0 Å². The fraction of sp³-hybridized carbons (Fsp3) is 0.240. The number of urea groups is 1. The predicted octanol–water partition coefficient (Wildman–Crippen LogP) is 5.03. The molecule has 4 rings (SSSR count). The number of nitrogens with zero attached hydrogens (tertiary/aromatic N) is 2. The van der Waals surface area contributed by atoms with Crippen molar-refractivity contribution in [2.45, 2.75) is 33.2 Å². The molecule has 2 aromatic carbocycles. The topological polar surface area (TPSA) is 69.7 Å². The first-order valence-electron chi connectivity index (χ1n) is 10.4. The van der Waals surface area contributed by atoms with Crippen LogP contribution >= 0.6 is 11.6 Å². The van der Waals surface area contributed by atoms with Crippen molar-refractivity contribution in [2.24, 2.45) is 0 Å². The van der Waals surface area contributed by atoms with E-state index in [1.807, 2.05) is 19.1 Å². The highest BCUT2D eigenvalue weighted by molar-refractivity contribution is 6.40. The highest BCUT2D eigenvalue weighted by Gasteiger charge is 2.37. The molecule has 0 aromatic heterocycles. The molecule has 1 fully saturated rings. The number of barbiturate groups is 1. The third-order valence-electron chi connectivity index (χ3n) is 5.83. The molecule has 32 heavy (non-hydrogen) atoms. The first-order valence-corrected chi connectivity index (χ1v) is 10.8. The minimum Gasteiger partial charge on any atom is -0.363 e. The first-order chi connectivity index (χ1) is 15.1. The molecule has 0 aliphatic carbocycles. The first kappa shape index (κ1) is 21.8. The number of amides is 4. The summed E-state index contributed by atoms with van der Waals surface area (Å²) in [5.74, 6) is -1.44. The van der Waals surface area contributed by atoms with Crippen LogP contribution in [0, 0.1) is 0 Å². The van der Waals surface area contributed by atoms with E-state index < -0.39 is 17.8 Å². The molecule has 1 saturated heterocycles. The van der Waals surface area contributed by atoms with E-state index in [-0.39, 0.29) is 11.1 Å². The van der Waals surface area contributed by atoms with Crippen molar-refractivity contribution < 1.29 is 14.4 Å². The van der Waals surface area contributed by atoms with Crippen molar-refractivity contribution in [3.05, 3.63) is 70.3 Å². The number of hydrogen-bond donors (Lipinski definition) is 1. The minimum atomic E-state index is -0.778. The van der Waals surface area contributed by atoms with E-state index in [4.69, 9.17) is 11.6 Å². The van der Waals surface area contributed by atoms with Gasteiger partial charge in [0.25, 0.3) is 11.8 Å². The van der Waals surface area contributed by atoms with Crippen LogP contribution in [0.1, 0.15) is 38.8 Å². The third-order valence-corrected chi connectivity index (χ3v) is 6.16. The van der Waals surface area contributed by atoms with E-state index >= 15 is 0 Å². The monoisotopic (exact) mass is 449 g/mol. The smallest absolute Gasteiger partial charge is 0.335 e. The van der Waals surface area contributed by atoms with Gasteiger partial charge < -0.3 is 4.90 Å². The molecule has 2 heterocycles. The predicted molar refractivity (Wildman–Crippen MR) is 128 cm³/mol. The Bertz CT molecular complexity index is 1200. The number of fused-ring (bicyclic) bond motifs is 1. The number of allylic oxidation sites excluding steroid dienone is 1. The molecule has 7 heteroatoms. The molecule has 4 amide bonds. The second-order valence-electron chi connectivity index (χ2n) is 8.41. The Labute approximate surface area is 192 Å². The Hall–Kier alpha value is -3.38. The van der Waals surface area contributed by atoms with Crippen molar-refractivity contribution in [3.8, 4) is 0 Å². The average Bonchev–Trinajstić information content (AvgIpc) is 2.72. The van der Waals surface area contributed by atoms with Crippen molar-refractivity contribution >= 4 is 52.5 Å². The van der Waals surface area contributed by atoms with Crippen molar-refractivity contribution in [1.29, 1.82) is 0 Å². The van der Waals surface area contributed by atoms with Gasteiger partial charge in [-0.2, -0.15) is 0 Å². The summed E-state index contributed by atoms with van der Waals surface area (Å²) in [7, 11) is 0. The van der Waals surface area contributed by atoms with Gasteiger partial charge in [0.1, 0.15) is 5.57 Å². The van der Waals surface area contributed by atoms with E-state index in [1.54, 1.807) is 30.3 Å². The summed E-state index contributed by atoms with van der Waals surface area (Å²) in [5, 5.41) is 2.66. The molecule has 0 radical (unpaired) electrons. The quantitative estimate of drug-likeness (QED) is 0.527. The normalized spacial score (nSPS) is 19.1. The van der Waals surface area contributed by atoms with Crippen molar-refractivity contribution in [2.75, 3.05) is 16.3 Å². The summed E-state index contributed by atoms with van der Waals surface area (Å²) in [6, 6.07) is 11.5. The number of carbonyl (C=O) groups excluding carboxylic acids is 3. The number of carbonyl (C=O) groups is 3. The molecule has 2 aliphatic rings. The van der Waals surface area contributed by atoms with Gasteiger partial charge >= 0.3 is 6.03 Å². The molecule has 2 aromatic rings. The maximum atomic E-state index is 13.1. The number of hydrogen-bond acceptors (Lipinski definition) is 4. The lowest BCUT2D eigenvalue weighted by atomic mass is 9.87. The van der Waals surface area contributed by atoms with Crippen LogP contribution in [0.5, 0.6) is 0 Å². The van der Waals surface area contributed by atoms with Gasteiger partial charge in [0.2, 0.25) is 0 Å². The maximum Gasteiger partial charge on any atom is 0.335 e. The molecule has 2 aliphatic heterocycles. The van der Waals surface area contributed by atoms with Gasteiger partial charge in [0, 0.05) is 22.8 Å². The van der Waals surface area contributed by atoms with Crippen LogP contribution in [-0.2, 0) is 9.59 Å². The third kappa shape index (κ3) is 3.60. The van der Waals surface area contributed by atoms with Gasteiger partial charge in [-0.15, -0.1) is 0 Å². The van der Waals surface area contributed by atoms with E-state index in [0.29, 0.717) is 16.3 Å². The molecule has 0 bridgehead atoms. The zero-order valence-corrected chi connectivity index (χ0v) is 19.2. The number of rotatable bonds is 3. The maximum absolute atomic E-state index is 13.1. The second kappa shape index (κ2) is 7.95. The van der Waals surface area contributed by atoms with E-state index in [0.717, 1.165) is 28.3 Å². The summed E-state index contributed by atoms with van der Waals surface area (Å²) >= 11 is 6.61. The lowest BCUT2D eigenvalue weighted by Gasteiger charge is -2.43. The number of para-hydroxylation sites is 1. The summed E-state index contributed by atoms with van der Waals surface area (Å²) < 4.78 is 0. The molecule has 0 saturated carbocycles. The number of halogens is 1. The fourth-order valence-electron chi connectivity index (χ4n) is 4.43. The number of nitrogens with one attached hydrogen (secondary N) is 1. The zero-order chi connectivity index (χ0) is 23.2. The number of benzene rings is 2. The Morgan fingerprint density at radius 3 is 2.44 bits per heavy atom. The largest absolute Gasteiger partial charge is 0.363 e. The van der Waals surface area contributed by atoms with Gasteiger partial charge in [-0.1, -0.05) is 35.9 Å². The summed E-state index contributed by atoms with van der Waals surface area (Å²) in [6.45, 7) is 9.21. The Morgan fingerprint density at radius 2 is 1.78 bits per heavy atom. The fourth-order valence-corrected chi connectivity index (χ4v) is 4.64. The Balaban J connectivity index is 1.80. The van der Waals surface area contributed by atoms with Crippen LogP contribution < -0.4 is 15.1 Å². The van der Waals surface area contributed by atoms with Gasteiger partial charge in [-0.05, 0) is 69.2 Å². The molecular formula is C25H24ClN3O3. The number of likely N-dealkylation sites (N-methyl/N-ethyl adjacent to an activating group) is 1. The molecule has 0 unspecified atom stereocenters. The second-order valence-corrected chi connectivity index (χ2v) is 8.82. The lowest BCUT2D eigenvalue weighted by molar-refractivity contribution is -0.122. The van der Waals surface area contributed by atoms with E-state index in [9.17, 15) is 14.4 Å². The van der Waals surface area contributed by atoms with Gasteiger partial charge in [-0.25, -0.2) is 9.69 Å². The van der Waals surface area contributed by atoms with Crippen molar-refractivity contribution in [1.82, 2.24) is 5.32 Å². The molecule has 1 N–H and O–H groups in total. The standard InChI is InChI=1S/C25H24ClN3O3/c1-5-28-21-13-20(26)16(11-18(21)15(2)14-25(28,3)4)12-19-22(30)27-24(32)29(23(19)31)17-9-7-6-8-10-17/h6-14H,5H2,1-4H3,(H,27,30,32)/b19-12-. The van der Waals surface area contributed by atoms with Gasteiger partial charge in [-0.3, -0.25) is 14.9 Å². The van der Waals surface area contributed by atoms with E-state index in [1.165, 1.54) is 6.08 Å². The van der Waals surface area contributed by atoms with Gasteiger partial charge in [0.15, 0.2) is 0 Å². The lowest BCUT2D eigenvalue weighted by Crippen LogP contribution is -2.54. The highest BCUT2D eigenvalue weighted by Crippen LogP contribution is 2.41. The van der Waals surface area contributed by atoms with Crippen LogP contribution in [0.25, 0.3) is 11.6 Å². The van der Waals surface area contributed by atoms with Crippen LogP contribution in [0.2, 0.25) is 5.02 Å². The molecule has 0 spiro atoms. The molecular weight excluding hydrogens is 426 g/mol. The summed E-state index contributed by atoms with van der Waals surface area (Å²) in [4.78, 5) is 41.2. The van der Waals surface area contributed by atoms with Crippen LogP contribution in [0.15, 0.2) is 54.1 Å². The zero-order valence-electron chi connectivity index (χ0n) is 18.4. The molecule has 0 atom stereocenters.